The summed E-state index contributed by atoms with van der Waals surface area (Å²) < 4.78 is 29.7. The zero-order chi connectivity index (χ0) is 19.3. The molecule has 0 spiro atoms. The monoisotopic (exact) mass is 428 g/mol. The van der Waals surface area contributed by atoms with E-state index in [1.807, 2.05) is 0 Å². The Hall–Kier alpha value is 1.25. The van der Waals surface area contributed by atoms with E-state index in [0.29, 0.717) is 6.54 Å². The summed E-state index contributed by atoms with van der Waals surface area (Å²) in [6.45, 7) is 3.44. The van der Waals surface area contributed by atoms with Gasteiger partial charge in [0.25, 0.3) is 10.1 Å². The molecule has 4 nitrogen and oxygen atoms in total. The van der Waals surface area contributed by atoms with Crippen molar-refractivity contribution in [2.45, 2.75) is 103 Å². The van der Waals surface area contributed by atoms with Gasteiger partial charge >= 0.3 is 0 Å². The van der Waals surface area contributed by atoms with Crippen molar-refractivity contribution in [1.82, 2.24) is 5.32 Å². The van der Waals surface area contributed by atoms with Crippen molar-refractivity contribution in [3.63, 3.8) is 0 Å². The van der Waals surface area contributed by atoms with Crippen LogP contribution in [0.15, 0.2) is 12.2 Å². The zero-order valence-electron chi connectivity index (χ0n) is 18.1. The molecular formula is C21H43KNO3S. The Bertz CT molecular complexity index is 414. The first-order valence-corrected chi connectivity index (χ1v) is 12.5. The topological polar surface area (TPSA) is 66.4 Å². The Morgan fingerprint density at radius 1 is 0.704 bits per heavy atom. The van der Waals surface area contributed by atoms with E-state index < -0.39 is 10.1 Å². The second kappa shape index (κ2) is 23.5. The molecule has 0 saturated heterocycles. The Balaban J connectivity index is 0. The van der Waals surface area contributed by atoms with Crippen LogP contribution in [-0.4, -0.2) is 83.2 Å². The standard InChI is InChI=1S/C21H43NO3S.K/c1-2-3-4-5-6-7-8-9-10-11-12-13-14-15-16-17-18-19-22-20-21-26(23,24)25;/h9-10,22H,2-8,11-21H2,1H3,(H,23,24,25);. The van der Waals surface area contributed by atoms with Crippen molar-refractivity contribution in [3.8, 4) is 0 Å². The van der Waals surface area contributed by atoms with Crippen LogP contribution in [-0.2, 0) is 10.1 Å². The third-order valence-corrected chi connectivity index (χ3v) is 5.37. The summed E-state index contributed by atoms with van der Waals surface area (Å²) in [7, 11) is -3.82. The van der Waals surface area contributed by atoms with Gasteiger partial charge in [-0.1, -0.05) is 83.3 Å². The van der Waals surface area contributed by atoms with Crippen LogP contribution in [0.5, 0.6) is 0 Å². The molecule has 6 heteroatoms. The van der Waals surface area contributed by atoms with E-state index in [-0.39, 0.29) is 57.1 Å². The van der Waals surface area contributed by atoms with Gasteiger partial charge in [-0.15, -0.1) is 0 Å². The molecule has 0 fully saturated rings. The minimum absolute atomic E-state index is 0. The number of hydrogen-bond donors (Lipinski definition) is 2. The van der Waals surface area contributed by atoms with Crippen LogP contribution in [0.25, 0.3) is 0 Å². The second-order valence-electron chi connectivity index (χ2n) is 7.33. The van der Waals surface area contributed by atoms with Crippen LogP contribution in [0.2, 0.25) is 0 Å². The van der Waals surface area contributed by atoms with Crippen molar-refractivity contribution < 1.29 is 13.0 Å². The van der Waals surface area contributed by atoms with E-state index in [9.17, 15) is 8.42 Å². The van der Waals surface area contributed by atoms with E-state index in [2.05, 4.69) is 24.4 Å². The number of unbranched alkanes of at least 4 members (excludes halogenated alkanes) is 13. The fourth-order valence-electron chi connectivity index (χ4n) is 3.00. The van der Waals surface area contributed by atoms with Crippen LogP contribution >= 0.6 is 0 Å². The maximum absolute atomic E-state index is 10.5. The van der Waals surface area contributed by atoms with Gasteiger partial charge in [-0.25, -0.2) is 0 Å². The Morgan fingerprint density at radius 3 is 1.63 bits per heavy atom. The van der Waals surface area contributed by atoms with Gasteiger partial charge in [0, 0.05) is 57.9 Å². The molecule has 0 rings (SSSR count). The van der Waals surface area contributed by atoms with Gasteiger partial charge in [-0.2, -0.15) is 8.42 Å². The fraction of sp³-hybridized carbons (Fsp3) is 0.905. The third kappa shape index (κ3) is 29.5. The quantitative estimate of drug-likeness (QED) is 0.116. The van der Waals surface area contributed by atoms with Crippen LogP contribution in [0, 0.1) is 0 Å². The Morgan fingerprint density at radius 2 is 1.15 bits per heavy atom. The normalized spacial score (nSPS) is 11.8. The van der Waals surface area contributed by atoms with Gasteiger partial charge in [-0.3, -0.25) is 4.55 Å². The average molecular weight is 429 g/mol. The zero-order valence-corrected chi connectivity index (χ0v) is 22.0. The van der Waals surface area contributed by atoms with E-state index in [1.165, 1.54) is 89.9 Å². The van der Waals surface area contributed by atoms with E-state index in [1.54, 1.807) is 0 Å². The smallest absolute Gasteiger partial charge is 0.266 e. The molecule has 2 N–H and O–H groups in total. The number of allylic oxidation sites excluding steroid dienone is 2. The average Bonchev–Trinajstić information content (AvgIpc) is 2.59. The summed E-state index contributed by atoms with van der Waals surface area (Å²) in [5, 5.41) is 3.05. The number of nitrogens with one attached hydrogen (secondary N) is 1. The van der Waals surface area contributed by atoms with Gasteiger partial charge in [0.1, 0.15) is 0 Å². The molecule has 0 aromatic carbocycles. The van der Waals surface area contributed by atoms with E-state index >= 15 is 0 Å². The summed E-state index contributed by atoms with van der Waals surface area (Å²) in [6, 6.07) is 0. The van der Waals surface area contributed by atoms with Crippen LogP contribution in [0.3, 0.4) is 0 Å². The Kier molecular flexibility index (Phi) is 26.5. The van der Waals surface area contributed by atoms with E-state index in [4.69, 9.17) is 4.55 Å². The second-order valence-corrected chi connectivity index (χ2v) is 8.90. The molecular weight excluding hydrogens is 385 g/mol. The van der Waals surface area contributed by atoms with Crippen molar-refractivity contribution >= 4 is 61.5 Å². The van der Waals surface area contributed by atoms with Crippen LogP contribution < -0.4 is 5.32 Å². The Labute approximate surface area is 211 Å². The van der Waals surface area contributed by atoms with Gasteiger partial charge in [0.05, 0.1) is 5.75 Å². The maximum atomic E-state index is 10.5. The van der Waals surface area contributed by atoms with Crippen molar-refractivity contribution in [2.24, 2.45) is 0 Å². The van der Waals surface area contributed by atoms with Gasteiger partial charge in [-0.05, 0) is 38.6 Å². The first kappa shape index (κ1) is 30.4. The molecule has 0 saturated carbocycles. The molecule has 0 aliphatic rings. The predicted molar refractivity (Wildman–Crippen MR) is 119 cm³/mol. The molecule has 27 heavy (non-hydrogen) atoms. The third-order valence-electron chi connectivity index (χ3n) is 4.65. The summed E-state index contributed by atoms with van der Waals surface area (Å²) >= 11 is 0. The molecule has 1 radical (unpaired) electrons. The van der Waals surface area contributed by atoms with Gasteiger partial charge in [0.2, 0.25) is 0 Å². The van der Waals surface area contributed by atoms with E-state index in [0.717, 1.165) is 13.0 Å². The summed E-state index contributed by atoms with van der Waals surface area (Å²) in [5.74, 6) is -0.194. The predicted octanol–water partition coefficient (Wildman–Crippen LogP) is 5.51. The molecule has 0 aliphatic carbocycles. The maximum Gasteiger partial charge on any atom is 0.266 e. The number of hydrogen-bond acceptors (Lipinski definition) is 3. The van der Waals surface area contributed by atoms with Crippen molar-refractivity contribution in [2.75, 3.05) is 18.8 Å². The fourth-order valence-corrected chi connectivity index (χ4v) is 3.40. The SMILES string of the molecule is CCCCCCCCC=CCCCCCCCCCNCCS(=O)(=O)O.[K]. The molecule has 0 heterocycles. The molecule has 0 atom stereocenters. The van der Waals surface area contributed by atoms with Crippen LogP contribution in [0.4, 0.5) is 0 Å². The first-order valence-electron chi connectivity index (χ1n) is 10.9. The summed E-state index contributed by atoms with van der Waals surface area (Å²) in [5.41, 5.74) is 0. The minimum Gasteiger partial charge on any atom is -0.316 e. The molecule has 0 unspecified atom stereocenters. The number of rotatable bonds is 20. The largest absolute Gasteiger partial charge is 0.316 e. The minimum atomic E-state index is -3.82. The summed E-state index contributed by atoms with van der Waals surface area (Å²) in [4.78, 5) is 0. The molecule has 0 amide bonds. The van der Waals surface area contributed by atoms with Crippen molar-refractivity contribution in [1.29, 1.82) is 0 Å². The molecule has 0 bridgehead atoms. The molecule has 157 valence electrons. The van der Waals surface area contributed by atoms with Crippen molar-refractivity contribution in [3.05, 3.63) is 12.2 Å². The molecule has 0 aliphatic heterocycles. The van der Waals surface area contributed by atoms with Gasteiger partial charge in [0.15, 0.2) is 0 Å². The van der Waals surface area contributed by atoms with Gasteiger partial charge < -0.3 is 5.32 Å². The first-order chi connectivity index (χ1) is 12.6. The van der Waals surface area contributed by atoms with Crippen LogP contribution in [0.1, 0.15) is 103 Å². The molecule has 0 aromatic rings. The molecule has 0 aromatic heterocycles. The summed E-state index contributed by atoms with van der Waals surface area (Å²) in [6.07, 6.45) is 24.3.